The molecule has 11 heteroatoms. The van der Waals surface area contributed by atoms with Crippen LogP contribution in [0.15, 0.2) is 12.4 Å². The Labute approximate surface area is 178 Å². The van der Waals surface area contributed by atoms with Crippen molar-refractivity contribution in [2.45, 2.75) is 59.1 Å². The molecule has 30 heavy (non-hydrogen) atoms. The van der Waals surface area contributed by atoms with Gasteiger partial charge in [-0.25, -0.2) is 9.59 Å². The van der Waals surface area contributed by atoms with Crippen molar-refractivity contribution in [3.05, 3.63) is 23.5 Å². The summed E-state index contributed by atoms with van der Waals surface area (Å²) in [5, 5.41) is 14.7. The van der Waals surface area contributed by atoms with Gasteiger partial charge in [-0.05, 0) is 41.5 Å². The number of thiophene rings is 1. The molecule has 2 aromatic heterocycles. The van der Waals surface area contributed by atoms with Gasteiger partial charge in [0.25, 0.3) is 6.47 Å². The molecule has 10 nitrogen and oxygen atoms in total. The summed E-state index contributed by atoms with van der Waals surface area (Å²) in [5.74, 6) is -0.542. The quantitative estimate of drug-likeness (QED) is 0.456. The van der Waals surface area contributed by atoms with Crippen LogP contribution in [-0.2, 0) is 14.3 Å². The number of rotatable bonds is 9. The van der Waals surface area contributed by atoms with Gasteiger partial charge in [-0.2, -0.15) is 10.2 Å². The minimum absolute atomic E-state index is 0.202. The van der Waals surface area contributed by atoms with E-state index in [0.717, 1.165) is 0 Å². The van der Waals surface area contributed by atoms with E-state index in [1.807, 2.05) is 13.8 Å². The van der Waals surface area contributed by atoms with E-state index in [4.69, 9.17) is 9.47 Å². The van der Waals surface area contributed by atoms with Gasteiger partial charge in [-0.3, -0.25) is 10.1 Å². The number of carbonyl (C=O) groups is 3. The van der Waals surface area contributed by atoms with E-state index in [-0.39, 0.29) is 12.2 Å². The Kier molecular flexibility index (Phi) is 7.19. The number of nitrogens with zero attached hydrogens (tertiary/aromatic N) is 3. The molecular weight excluding hydrogens is 410 g/mol. The number of ether oxygens (including phenoxy) is 2. The Hall–Kier alpha value is -2.95. The summed E-state index contributed by atoms with van der Waals surface area (Å²) in [4.78, 5) is 37.3. The molecule has 2 N–H and O–H groups in total. The Balaban J connectivity index is 2.26. The summed E-state index contributed by atoms with van der Waals surface area (Å²) in [7, 11) is 0. The zero-order valence-electron chi connectivity index (χ0n) is 17.9. The van der Waals surface area contributed by atoms with Gasteiger partial charge in [0.1, 0.15) is 15.6 Å². The van der Waals surface area contributed by atoms with E-state index in [0.29, 0.717) is 28.5 Å². The number of carbonyl (C=O) groups excluding carboxylic acids is 3. The molecule has 2 rings (SSSR count). The average molecular weight is 438 g/mol. The largest absolute Gasteiger partial charge is 0.462 e. The van der Waals surface area contributed by atoms with E-state index >= 15 is 0 Å². The van der Waals surface area contributed by atoms with Crippen LogP contribution in [-0.4, -0.2) is 51.2 Å². The van der Waals surface area contributed by atoms with Gasteiger partial charge < -0.3 is 14.8 Å². The van der Waals surface area contributed by atoms with Gasteiger partial charge in [-0.1, -0.05) is 11.3 Å². The molecule has 0 aliphatic heterocycles. The standard InChI is InChI=1S/C19H27N5O5S/c1-7-28-16(26)13-12(2)15(24-20-8-9-21-24)30-14(13)22-17(27)23-18(3,4)10-19(5,6)29-11-25/h8-9,11H,7,10H2,1-6H3,(H2,22,23,27). The third kappa shape index (κ3) is 5.78. The summed E-state index contributed by atoms with van der Waals surface area (Å²) in [5.41, 5.74) is -0.594. The predicted octanol–water partition coefficient (Wildman–Crippen LogP) is 3.06. The second-order valence-corrected chi connectivity index (χ2v) is 8.89. The fraction of sp³-hybridized carbons (Fsp3) is 0.526. The van der Waals surface area contributed by atoms with E-state index in [9.17, 15) is 14.4 Å². The summed E-state index contributed by atoms with van der Waals surface area (Å²) in [6, 6.07) is -0.506. The second-order valence-electron chi connectivity index (χ2n) is 7.89. The molecule has 0 saturated heterocycles. The molecule has 0 saturated carbocycles. The van der Waals surface area contributed by atoms with Crippen molar-refractivity contribution in [1.82, 2.24) is 20.3 Å². The summed E-state index contributed by atoms with van der Waals surface area (Å²) in [6.07, 6.45) is 3.42. The van der Waals surface area contributed by atoms with Crippen molar-refractivity contribution in [1.29, 1.82) is 0 Å². The molecule has 2 amide bonds. The topological polar surface area (TPSA) is 124 Å². The summed E-state index contributed by atoms with van der Waals surface area (Å²) < 4.78 is 10.2. The van der Waals surface area contributed by atoms with Crippen molar-refractivity contribution in [3.63, 3.8) is 0 Å². The Morgan fingerprint density at radius 3 is 2.43 bits per heavy atom. The first-order valence-electron chi connectivity index (χ1n) is 9.37. The van der Waals surface area contributed by atoms with E-state index in [2.05, 4.69) is 20.8 Å². The van der Waals surface area contributed by atoms with Gasteiger partial charge >= 0.3 is 12.0 Å². The van der Waals surface area contributed by atoms with Crippen LogP contribution in [0.2, 0.25) is 0 Å². The molecule has 2 aromatic rings. The smallest absolute Gasteiger partial charge is 0.341 e. The molecule has 0 bridgehead atoms. The predicted molar refractivity (Wildman–Crippen MR) is 112 cm³/mol. The van der Waals surface area contributed by atoms with Gasteiger partial charge in [0, 0.05) is 17.5 Å². The average Bonchev–Trinajstić information content (AvgIpc) is 3.21. The normalized spacial score (nSPS) is 11.7. The second kappa shape index (κ2) is 9.24. The van der Waals surface area contributed by atoms with Crippen LogP contribution in [0.5, 0.6) is 0 Å². The van der Waals surface area contributed by atoms with E-state index in [1.165, 1.54) is 28.5 Å². The maximum atomic E-state index is 12.7. The van der Waals surface area contributed by atoms with E-state index < -0.39 is 23.1 Å². The number of anilines is 1. The lowest BCUT2D eigenvalue weighted by atomic mass is 9.89. The first kappa shape index (κ1) is 23.3. The molecule has 0 aromatic carbocycles. The summed E-state index contributed by atoms with van der Waals surface area (Å²) in [6.45, 7) is 11.2. The molecule has 0 spiro atoms. The van der Waals surface area contributed by atoms with Crippen molar-refractivity contribution < 1.29 is 23.9 Å². The molecular formula is C19H27N5O5S. The van der Waals surface area contributed by atoms with Crippen LogP contribution in [0, 0.1) is 6.92 Å². The minimum Gasteiger partial charge on any atom is -0.462 e. The lowest BCUT2D eigenvalue weighted by molar-refractivity contribution is -0.141. The number of esters is 1. The molecule has 0 radical (unpaired) electrons. The zero-order chi connectivity index (χ0) is 22.5. The molecule has 0 fully saturated rings. The highest BCUT2D eigenvalue weighted by molar-refractivity contribution is 7.19. The Bertz CT molecular complexity index is 905. The van der Waals surface area contributed by atoms with Crippen molar-refractivity contribution in [2.75, 3.05) is 11.9 Å². The van der Waals surface area contributed by atoms with Crippen molar-refractivity contribution in [3.8, 4) is 5.00 Å². The van der Waals surface area contributed by atoms with Crippen LogP contribution >= 0.6 is 11.3 Å². The van der Waals surface area contributed by atoms with Crippen LogP contribution in [0.1, 0.15) is 57.0 Å². The molecule has 0 atom stereocenters. The zero-order valence-corrected chi connectivity index (χ0v) is 18.8. The van der Waals surface area contributed by atoms with Crippen LogP contribution in [0.3, 0.4) is 0 Å². The van der Waals surface area contributed by atoms with Gasteiger partial charge in [-0.15, -0.1) is 4.80 Å². The lowest BCUT2D eigenvalue weighted by Gasteiger charge is -2.34. The maximum absolute atomic E-state index is 12.7. The fourth-order valence-corrected chi connectivity index (χ4v) is 4.38. The van der Waals surface area contributed by atoms with E-state index in [1.54, 1.807) is 27.7 Å². The monoisotopic (exact) mass is 437 g/mol. The highest BCUT2D eigenvalue weighted by Gasteiger charge is 2.32. The maximum Gasteiger partial charge on any atom is 0.341 e. The highest BCUT2D eigenvalue weighted by atomic mass is 32.1. The highest BCUT2D eigenvalue weighted by Crippen LogP contribution is 2.35. The first-order chi connectivity index (χ1) is 14.0. The number of amides is 2. The minimum atomic E-state index is -0.757. The van der Waals surface area contributed by atoms with Crippen molar-refractivity contribution in [2.24, 2.45) is 0 Å². The summed E-state index contributed by atoms with van der Waals surface area (Å²) >= 11 is 1.17. The third-order valence-electron chi connectivity index (χ3n) is 4.12. The van der Waals surface area contributed by atoms with Crippen molar-refractivity contribution >= 4 is 34.8 Å². The van der Waals surface area contributed by atoms with Crippen LogP contribution < -0.4 is 10.6 Å². The Morgan fingerprint density at radius 1 is 1.23 bits per heavy atom. The molecule has 0 aliphatic carbocycles. The van der Waals surface area contributed by atoms with Gasteiger partial charge in [0.05, 0.1) is 24.6 Å². The first-order valence-corrected chi connectivity index (χ1v) is 10.2. The number of urea groups is 1. The number of hydrogen-bond acceptors (Lipinski definition) is 8. The number of aromatic nitrogens is 3. The molecule has 0 aliphatic rings. The van der Waals surface area contributed by atoms with Gasteiger partial charge in [0.2, 0.25) is 0 Å². The number of hydrogen-bond donors (Lipinski definition) is 2. The molecule has 164 valence electrons. The fourth-order valence-electron chi connectivity index (χ4n) is 3.27. The third-order valence-corrected chi connectivity index (χ3v) is 5.29. The lowest BCUT2D eigenvalue weighted by Crippen LogP contribution is -2.49. The van der Waals surface area contributed by atoms with Gasteiger partial charge in [0.15, 0.2) is 0 Å². The molecule has 0 unspecified atom stereocenters. The van der Waals surface area contributed by atoms with Crippen LogP contribution in [0.25, 0.3) is 5.00 Å². The molecule has 2 heterocycles. The SMILES string of the molecule is CCOC(=O)c1c(NC(=O)NC(C)(C)CC(C)(C)OC=O)sc(-n2nccn2)c1C. The Morgan fingerprint density at radius 2 is 1.87 bits per heavy atom. The number of nitrogens with one attached hydrogen (secondary N) is 2. The van der Waals surface area contributed by atoms with Crippen LogP contribution in [0.4, 0.5) is 9.80 Å².